The SMILES string of the molecule is CC(C)N(B(F)N(C(C)C)C(C)C)C(C)C. The van der Waals surface area contributed by atoms with Gasteiger partial charge in [-0.15, -0.1) is 0 Å². The molecule has 0 unspecified atom stereocenters. The van der Waals surface area contributed by atoms with Gasteiger partial charge < -0.3 is 0 Å². The van der Waals surface area contributed by atoms with Crippen molar-refractivity contribution in [2.24, 2.45) is 0 Å². The molecule has 0 bridgehead atoms. The third-order valence-corrected chi connectivity index (χ3v) is 2.88. The van der Waals surface area contributed by atoms with Crippen LogP contribution in [0.25, 0.3) is 0 Å². The Kier molecular flexibility index (Phi) is 6.57. The van der Waals surface area contributed by atoms with E-state index in [1.807, 2.05) is 65.0 Å². The topological polar surface area (TPSA) is 6.48 Å². The highest BCUT2D eigenvalue weighted by Crippen LogP contribution is 2.17. The maximum absolute atomic E-state index is 14.6. The van der Waals surface area contributed by atoms with E-state index in [2.05, 4.69) is 0 Å². The van der Waals surface area contributed by atoms with Crippen molar-refractivity contribution in [3.05, 3.63) is 0 Å². The van der Waals surface area contributed by atoms with Crippen LogP contribution >= 0.6 is 0 Å². The maximum atomic E-state index is 14.6. The average Bonchev–Trinajstić information content (AvgIpc) is 1.99. The van der Waals surface area contributed by atoms with Gasteiger partial charge in [-0.1, -0.05) is 55.4 Å². The molecule has 0 aliphatic carbocycles. The lowest BCUT2D eigenvalue weighted by molar-refractivity contribution is 0.196. The van der Waals surface area contributed by atoms with Crippen LogP contribution < -0.4 is 0 Å². The Hall–Kier alpha value is -0.0851. The van der Waals surface area contributed by atoms with Crippen LogP contribution in [0.5, 0.6) is 0 Å². The van der Waals surface area contributed by atoms with E-state index in [0.29, 0.717) is 0 Å². The highest BCUT2D eigenvalue weighted by atomic mass is 19.1. The van der Waals surface area contributed by atoms with Gasteiger partial charge in [0.05, 0.1) is 0 Å². The van der Waals surface area contributed by atoms with Crippen molar-refractivity contribution in [3.63, 3.8) is 0 Å². The van der Waals surface area contributed by atoms with E-state index in [0.717, 1.165) is 0 Å². The van der Waals surface area contributed by atoms with E-state index in [1.54, 1.807) is 0 Å². The molecule has 0 atom stereocenters. The molecule has 0 spiro atoms. The molecule has 0 aliphatic heterocycles. The van der Waals surface area contributed by atoms with Gasteiger partial charge in [-0.3, -0.25) is 13.9 Å². The van der Waals surface area contributed by atoms with E-state index >= 15 is 0 Å². The van der Waals surface area contributed by atoms with Crippen molar-refractivity contribution in [2.75, 3.05) is 0 Å². The molecule has 4 heteroatoms. The van der Waals surface area contributed by atoms with Crippen LogP contribution in [0.4, 0.5) is 4.32 Å². The summed E-state index contributed by atoms with van der Waals surface area (Å²) in [7, 11) is -1.000. The fourth-order valence-electron chi connectivity index (χ4n) is 2.33. The highest BCUT2D eigenvalue weighted by molar-refractivity contribution is 6.45. The molecule has 0 saturated carbocycles. The lowest BCUT2D eigenvalue weighted by Crippen LogP contribution is -2.59. The molecule has 0 aliphatic rings. The predicted molar refractivity (Wildman–Crippen MR) is 71.1 cm³/mol. The average molecular weight is 230 g/mol. The summed E-state index contributed by atoms with van der Waals surface area (Å²) in [4.78, 5) is 3.83. The molecule has 0 heterocycles. The van der Waals surface area contributed by atoms with Gasteiger partial charge in [0.1, 0.15) is 0 Å². The zero-order valence-electron chi connectivity index (χ0n) is 12.2. The molecule has 16 heavy (non-hydrogen) atoms. The van der Waals surface area contributed by atoms with Crippen molar-refractivity contribution in [2.45, 2.75) is 79.6 Å². The van der Waals surface area contributed by atoms with Gasteiger partial charge in [0, 0.05) is 0 Å². The van der Waals surface area contributed by atoms with E-state index in [1.165, 1.54) is 0 Å². The minimum atomic E-state index is -1.000. The molecule has 0 N–H and O–H groups in total. The van der Waals surface area contributed by atoms with Crippen LogP contribution in [-0.2, 0) is 0 Å². The Bertz CT molecular complexity index is 159. The van der Waals surface area contributed by atoms with Crippen molar-refractivity contribution < 1.29 is 4.32 Å². The van der Waals surface area contributed by atoms with Gasteiger partial charge in [0.25, 0.3) is 0 Å². The smallest absolute Gasteiger partial charge is 0.294 e. The normalized spacial score (nSPS) is 12.9. The third-order valence-electron chi connectivity index (χ3n) is 2.88. The molecule has 0 aromatic rings. The fraction of sp³-hybridized carbons (Fsp3) is 1.00. The fourth-order valence-corrected chi connectivity index (χ4v) is 2.33. The number of halogens is 1. The van der Waals surface area contributed by atoms with Gasteiger partial charge in [-0.05, 0) is 24.2 Å². The molecule has 0 saturated heterocycles. The summed E-state index contributed by atoms with van der Waals surface area (Å²) in [6.07, 6.45) is 0. The van der Waals surface area contributed by atoms with Crippen molar-refractivity contribution in [3.8, 4) is 0 Å². The molecule has 0 amide bonds. The molecule has 0 fully saturated rings. The number of hydrogen-bond donors (Lipinski definition) is 0. The van der Waals surface area contributed by atoms with Crippen molar-refractivity contribution in [1.29, 1.82) is 0 Å². The van der Waals surface area contributed by atoms with Gasteiger partial charge in [-0.25, -0.2) is 0 Å². The van der Waals surface area contributed by atoms with Crippen molar-refractivity contribution >= 4 is 7.26 Å². The highest BCUT2D eigenvalue weighted by Gasteiger charge is 2.37. The minimum Gasteiger partial charge on any atom is -0.294 e. The third kappa shape index (κ3) is 4.06. The van der Waals surface area contributed by atoms with Crippen LogP contribution in [0.2, 0.25) is 0 Å². The van der Waals surface area contributed by atoms with Crippen LogP contribution in [0.3, 0.4) is 0 Å². The zero-order valence-corrected chi connectivity index (χ0v) is 12.2. The summed E-state index contributed by atoms with van der Waals surface area (Å²) in [6, 6.07) is 0.870. The second-order valence-electron chi connectivity index (χ2n) is 5.58. The first-order valence-electron chi connectivity index (χ1n) is 6.39. The predicted octanol–water partition coefficient (Wildman–Crippen LogP) is 3.18. The van der Waals surface area contributed by atoms with E-state index in [-0.39, 0.29) is 24.2 Å². The van der Waals surface area contributed by atoms with E-state index in [4.69, 9.17) is 0 Å². The second kappa shape index (κ2) is 6.60. The van der Waals surface area contributed by atoms with Crippen LogP contribution in [0, 0.1) is 0 Å². The molecule has 0 aromatic heterocycles. The first-order chi connectivity index (χ1) is 7.20. The first kappa shape index (κ1) is 15.9. The Morgan fingerprint density at radius 2 is 0.812 bits per heavy atom. The molecule has 0 aromatic carbocycles. The number of rotatable bonds is 6. The molecule has 0 radical (unpaired) electrons. The quantitative estimate of drug-likeness (QED) is 0.646. The Labute approximate surface area is 101 Å². The lowest BCUT2D eigenvalue weighted by Gasteiger charge is -2.40. The van der Waals surface area contributed by atoms with Crippen LogP contribution in [-0.4, -0.2) is 41.0 Å². The van der Waals surface area contributed by atoms with Gasteiger partial charge in [0.15, 0.2) is 0 Å². The summed E-state index contributed by atoms with van der Waals surface area (Å²) in [5.74, 6) is 0. The zero-order chi connectivity index (χ0) is 13.0. The van der Waals surface area contributed by atoms with Gasteiger partial charge >= 0.3 is 7.26 Å². The van der Waals surface area contributed by atoms with Crippen molar-refractivity contribution in [1.82, 2.24) is 9.62 Å². The Morgan fingerprint density at radius 3 is 0.938 bits per heavy atom. The first-order valence-corrected chi connectivity index (χ1v) is 6.39. The molecular weight excluding hydrogens is 202 g/mol. The second-order valence-corrected chi connectivity index (χ2v) is 5.58. The standard InChI is InChI=1S/C12H28BFN2/c1-9(2)15(10(3)4)13(14)16(11(5)6)12(7)8/h9-12H,1-8H3. The minimum absolute atomic E-state index is 0.218. The summed E-state index contributed by atoms with van der Waals surface area (Å²) >= 11 is 0. The van der Waals surface area contributed by atoms with E-state index < -0.39 is 7.26 Å². The summed E-state index contributed by atoms with van der Waals surface area (Å²) < 4.78 is 14.6. The summed E-state index contributed by atoms with van der Waals surface area (Å²) in [5.41, 5.74) is 0. The number of hydrogen-bond acceptors (Lipinski definition) is 2. The van der Waals surface area contributed by atoms with Gasteiger partial charge in [-0.2, -0.15) is 0 Å². The van der Waals surface area contributed by atoms with Crippen LogP contribution in [0.15, 0.2) is 0 Å². The monoisotopic (exact) mass is 230 g/mol. The maximum Gasteiger partial charge on any atom is 0.521 e. The number of nitrogens with zero attached hydrogens (tertiary/aromatic N) is 2. The largest absolute Gasteiger partial charge is 0.521 e. The molecule has 2 nitrogen and oxygen atoms in total. The Morgan fingerprint density at radius 1 is 0.625 bits per heavy atom. The lowest BCUT2D eigenvalue weighted by atomic mass is 9.88. The summed E-state index contributed by atoms with van der Waals surface area (Å²) in [6.45, 7) is 16.4. The van der Waals surface area contributed by atoms with E-state index in [9.17, 15) is 4.32 Å². The van der Waals surface area contributed by atoms with Gasteiger partial charge in [0.2, 0.25) is 0 Å². The molecular formula is C12H28BFN2. The summed E-state index contributed by atoms with van der Waals surface area (Å²) in [5, 5.41) is 0. The molecule has 0 rings (SSSR count). The van der Waals surface area contributed by atoms with Crippen LogP contribution in [0.1, 0.15) is 55.4 Å². The molecule has 96 valence electrons. The Balaban J connectivity index is 4.88.